The van der Waals surface area contributed by atoms with Gasteiger partial charge in [-0.2, -0.15) is 0 Å². The van der Waals surface area contributed by atoms with E-state index in [0.717, 1.165) is 16.3 Å². The van der Waals surface area contributed by atoms with Crippen LogP contribution in [0.25, 0.3) is 0 Å². The number of aromatic nitrogens is 2. The number of nitrogens with one attached hydrogen (secondary N) is 3. The molecular weight excluding hydrogens is 475 g/mol. The fourth-order valence-electron chi connectivity index (χ4n) is 2.09. The number of aryl methyl sites for hydroxylation is 1. The molecule has 0 fully saturated rings. The van der Waals surface area contributed by atoms with Crippen LogP contribution < -0.4 is 16.0 Å². The summed E-state index contributed by atoms with van der Waals surface area (Å²) in [4.78, 5) is 24.9. The first kappa shape index (κ1) is 23.3. The molecule has 0 aliphatic rings. The number of hydrogen-bond donors (Lipinski definition) is 3. The van der Waals surface area contributed by atoms with Gasteiger partial charge in [-0.25, -0.2) is 9.97 Å². The zero-order valence-electron chi connectivity index (χ0n) is 16.1. The van der Waals surface area contributed by atoms with Gasteiger partial charge in [0, 0.05) is 31.6 Å². The van der Waals surface area contributed by atoms with Crippen LogP contribution in [0.4, 0.5) is 5.82 Å². The molecule has 0 spiro atoms. The zero-order valence-corrected chi connectivity index (χ0v) is 19.2. The van der Waals surface area contributed by atoms with Crippen LogP contribution >= 0.6 is 35.3 Å². The molecule has 1 amide bonds. The summed E-state index contributed by atoms with van der Waals surface area (Å²) >= 11 is 1.63. The lowest BCUT2D eigenvalue weighted by molar-refractivity contribution is -0.116. The summed E-state index contributed by atoms with van der Waals surface area (Å²) in [6.07, 6.45) is 2.05. The van der Waals surface area contributed by atoms with E-state index < -0.39 is 0 Å². The van der Waals surface area contributed by atoms with E-state index in [4.69, 9.17) is 0 Å². The Hall–Kier alpha value is -1.75. The smallest absolute Gasteiger partial charge is 0.227 e. The van der Waals surface area contributed by atoms with Gasteiger partial charge in [-0.1, -0.05) is 19.9 Å². The number of carbonyl (C=O) groups is 1. The Labute approximate surface area is 181 Å². The van der Waals surface area contributed by atoms with Crippen molar-refractivity contribution in [3.8, 4) is 0 Å². The van der Waals surface area contributed by atoms with E-state index in [1.54, 1.807) is 30.6 Å². The number of aliphatic imine (C=N–C) groups is 1. The Balaban J connectivity index is 0.00000364. The molecule has 9 heteroatoms. The predicted molar refractivity (Wildman–Crippen MR) is 122 cm³/mol. The van der Waals surface area contributed by atoms with Crippen molar-refractivity contribution in [2.24, 2.45) is 4.99 Å². The lowest BCUT2D eigenvalue weighted by Crippen LogP contribution is -2.38. The predicted octanol–water partition coefficient (Wildman–Crippen LogP) is 3.28. The van der Waals surface area contributed by atoms with Gasteiger partial charge in [0.15, 0.2) is 5.96 Å². The molecule has 148 valence electrons. The van der Waals surface area contributed by atoms with Gasteiger partial charge >= 0.3 is 0 Å². The molecule has 7 nitrogen and oxygen atoms in total. The minimum atomic E-state index is -0.0918. The van der Waals surface area contributed by atoms with Gasteiger partial charge in [0.05, 0.1) is 12.2 Å². The van der Waals surface area contributed by atoms with Gasteiger partial charge in [-0.05, 0) is 24.5 Å². The number of hydrogen-bond acceptors (Lipinski definition) is 5. The molecular formula is C18H27IN6OS. The Morgan fingerprint density at radius 2 is 2.07 bits per heavy atom. The molecule has 0 aliphatic carbocycles. The molecule has 2 aromatic rings. The van der Waals surface area contributed by atoms with Crippen molar-refractivity contribution >= 4 is 53.0 Å². The summed E-state index contributed by atoms with van der Waals surface area (Å²) < 4.78 is 0. The van der Waals surface area contributed by atoms with Gasteiger partial charge in [-0.3, -0.25) is 9.79 Å². The molecule has 0 atom stereocenters. The second kappa shape index (κ2) is 11.9. The summed E-state index contributed by atoms with van der Waals surface area (Å²) in [7, 11) is 1.70. The van der Waals surface area contributed by atoms with E-state index >= 15 is 0 Å². The van der Waals surface area contributed by atoms with Crippen molar-refractivity contribution in [1.82, 2.24) is 20.6 Å². The maximum atomic E-state index is 12.0. The molecule has 0 aliphatic heterocycles. The topological polar surface area (TPSA) is 91.3 Å². The monoisotopic (exact) mass is 502 g/mol. The standard InChI is InChI=1S/C18H26N6OS.HI/c1-12(2)14-11-26-17(23-14)10-22-18(19-4)20-8-7-16(25)24-15-6-5-13(3)9-21-15;/h5-6,9,11-12H,7-8,10H2,1-4H3,(H2,19,20,22)(H,21,24,25);1H. The fraction of sp³-hybridized carbons (Fsp3) is 0.444. The minimum absolute atomic E-state index is 0. The van der Waals surface area contributed by atoms with Crippen LogP contribution in [-0.2, 0) is 11.3 Å². The second-order valence-electron chi connectivity index (χ2n) is 6.19. The fourth-order valence-corrected chi connectivity index (χ4v) is 2.99. The molecule has 2 heterocycles. The third kappa shape index (κ3) is 8.21. The summed E-state index contributed by atoms with van der Waals surface area (Å²) in [6, 6.07) is 3.70. The molecule has 0 saturated heterocycles. The average molecular weight is 502 g/mol. The molecule has 2 rings (SSSR count). The van der Waals surface area contributed by atoms with E-state index in [0.29, 0.717) is 37.2 Å². The Bertz CT molecular complexity index is 745. The lowest BCUT2D eigenvalue weighted by atomic mass is 10.2. The van der Waals surface area contributed by atoms with Crippen LogP contribution in [0.1, 0.15) is 42.5 Å². The van der Waals surface area contributed by atoms with E-state index in [1.165, 1.54) is 0 Å². The minimum Gasteiger partial charge on any atom is -0.356 e. The SMILES string of the molecule is CN=C(NCCC(=O)Nc1ccc(C)cn1)NCc1nc(C(C)C)cs1.I. The number of carbonyl (C=O) groups excluding carboxylic acids is 1. The second-order valence-corrected chi connectivity index (χ2v) is 7.13. The number of pyridine rings is 1. The highest BCUT2D eigenvalue weighted by Gasteiger charge is 2.07. The summed E-state index contributed by atoms with van der Waals surface area (Å²) in [5, 5.41) is 12.2. The van der Waals surface area contributed by atoms with Crippen LogP contribution in [0.15, 0.2) is 28.7 Å². The number of nitrogens with zero attached hydrogens (tertiary/aromatic N) is 3. The third-order valence-electron chi connectivity index (χ3n) is 3.62. The number of rotatable bonds is 7. The summed E-state index contributed by atoms with van der Waals surface area (Å²) in [6.45, 7) is 7.30. The largest absolute Gasteiger partial charge is 0.356 e. The molecule has 0 bridgehead atoms. The maximum Gasteiger partial charge on any atom is 0.227 e. The van der Waals surface area contributed by atoms with Crippen LogP contribution in [0.3, 0.4) is 0 Å². The number of amides is 1. The summed E-state index contributed by atoms with van der Waals surface area (Å²) in [5.41, 5.74) is 2.16. The van der Waals surface area contributed by atoms with Gasteiger partial charge in [0.2, 0.25) is 5.91 Å². The highest BCUT2D eigenvalue weighted by atomic mass is 127. The van der Waals surface area contributed by atoms with Gasteiger partial charge in [0.25, 0.3) is 0 Å². The lowest BCUT2D eigenvalue weighted by Gasteiger charge is -2.11. The third-order valence-corrected chi connectivity index (χ3v) is 4.48. The first-order chi connectivity index (χ1) is 12.5. The molecule has 3 N–H and O–H groups in total. The van der Waals surface area contributed by atoms with E-state index in [-0.39, 0.29) is 29.9 Å². The van der Waals surface area contributed by atoms with Crippen molar-refractivity contribution in [3.05, 3.63) is 40.0 Å². The van der Waals surface area contributed by atoms with E-state index in [1.807, 2.05) is 13.0 Å². The van der Waals surface area contributed by atoms with E-state index in [9.17, 15) is 4.79 Å². The first-order valence-corrected chi connectivity index (χ1v) is 9.47. The van der Waals surface area contributed by atoms with Gasteiger partial charge < -0.3 is 16.0 Å². The van der Waals surface area contributed by atoms with Crippen LogP contribution in [0.5, 0.6) is 0 Å². The Kier molecular flexibility index (Phi) is 10.2. The Morgan fingerprint density at radius 1 is 1.30 bits per heavy atom. The van der Waals surface area contributed by atoms with Crippen molar-refractivity contribution in [2.45, 2.75) is 39.7 Å². The molecule has 2 aromatic heterocycles. The number of thiazole rings is 1. The van der Waals surface area contributed by atoms with Crippen molar-refractivity contribution in [1.29, 1.82) is 0 Å². The maximum absolute atomic E-state index is 12.0. The van der Waals surface area contributed by atoms with E-state index in [2.05, 4.69) is 50.1 Å². The molecule has 27 heavy (non-hydrogen) atoms. The average Bonchev–Trinajstić information content (AvgIpc) is 3.09. The quantitative estimate of drug-likeness (QED) is 0.307. The highest BCUT2D eigenvalue weighted by Crippen LogP contribution is 2.17. The van der Waals surface area contributed by atoms with Crippen LogP contribution in [0, 0.1) is 6.92 Å². The van der Waals surface area contributed by atoms with Crippen molar-refractivity contribution in [3.63, 3.8) is 0 Å². The Morgan fingerprint density at radius 3 is 2.67 bits per heavy atom. The highest BCUT2D eigenvalue weighted by molar-refractivity contribution is 14.0. The normalized spacial score (nSPS) is 11.1. The molecule has 0 saturated carbocycles. The van der Waals surface area contributed by atoms with Crippen molar-refractivity contribution < 1.29 is 4.79 Å². The molecule has 0 unspecified atom stereocenters. The van der Waals surface area contributed by atoms with Crippen LogP contribution in [-0.4, -0.2) is 35.4 Å². The zero-order chi connectivity index (χ0) is 18.9. The first-order valence-electron chi connectivity index (χ1n) is 8.59. The molecule has 0 aromatic carbocycles. The number of guanidine groups is 1. The number of halogens is 1. The molecule has 0 radical (unpaired) electrons. The number of anilines is 1. The summed E-state index contributed by atoms with van der Waals surface area (Å²) in [5.74, 6) is 1.55. The van der Waals surface area contributed by atoms with Gasteiger partial charge in [0.1, 0.15) is 10.8 Å². The van der Waals surface area contributed by atoms with Crippen molar-refractivity contribution in [2.75, 3.05) is 18.9 Å². The van der Waals surface area contributed by atoms with Gasteiger partial charge in [-0.15, -0.1) is 35.3 Å². The van der Waals surface area contributed by atoms with Crippen LogP contribution in [0.2, 0.25) is 0 Å².